The maximum absolute atomic E-state index is 11.9. The van der Waals surface area contributed by atoms with Crippen LogP contribution in [0.2, 0.25) is 0 Å². The minimum atomic E-state index is -0.640. The van der Waals surface area contributed by atoms with Gasteiger partial charge in [0.2, 0.25) is 0 Å². The number of hydrogen-bond acceptors (Lipinski definition) is 4. The second-order valence-corrected chi connectivity index (χ2v) is 6.56. The van der Waals surface area contributed by atoms with Gasteiger partial charge in [0.25, 0.3) is 5.91 Å². The van der Waals surface area contributed by atoms with Crippen molar-refractivity contribution in [3.05, 3.63) is 23.8 Å². The lowest BCUT2D eigenvalue weighted by molar-refractivity contribution is 0.00578. The number of carbonyl (C=O) groups excluding carboxylic acids is 1. The Morgan fingerprint density at radius 2 is 1.67 bits per heavy atom. The molecule has 1 aromatic carbocycles. The molecule has 0 spiro atoms. The molecule has 0 saturated carbocycles. The Hall–Kier alpha value is -1.53. The molecule has 1 N–H and O–H groups in total. The molecule has 21 heavy (non-hydrogen) atoms. The topological polar surface area (TPSA) is 59.0 Å². The van der Waals surface area contributed by atoms with Crippen molar-refractivity contribution >= 4 is 18.5 Å². The molecule has 6 heteroatoms. The SMILES string of the molecule is CN(C)C(=O)c1ccc(B2OC(C)(C)C(C)(C)O2)c(O)c1. The molecule has 1 saturated heterocycles. The molecule has 0 aliphatic carbocycles. The van der Waals surface area contributed by atoms with E-state index in [2.05, 4.69) is 0 Å². The van der Waals surface area contributed by atoms with Gasteiger partial charge in [0.1, 0.15) is 5.75 Å². The van der Waals surface area contributed by atoms with Crippen LogP contribution in [0, 0.1) is 0 Å². The van der Waals surface area contributed by atoms with Crippen LogP contribution in [0.5, 0.6) is 5.75 Å². The number of amides is 1. The predicted molar refractivity (Wildman–Crippen MR) is 81.8 cm³/mol. The molecular formula is C15H22BNO4. The number of aromatic hydroxyl groups is 1. The van der Waals surface area contributed by atoms with Gasteiger partial charge in [0, 0.05) is 25.1 Å². The van der Waals surface area contributed by atoms with Gasteiger partial charge in [-0.25, -0.2) is 0 Å². The van der Waals surface area contributed by atoms with E-state index in [0.717, 1.165) is 0 Å². The Bertz CT molecular complexity index is 553. The number of phenolic OH excluding ortho intramolecular Hbond substituents is 1. The maximum atomic E-state index is 11.9. The Morgan fingerprint density at radius 1 is 1.14 bits per heavy atom. The van der Waals surface area contributed by atoms with E-state index in [1.165, 1.54) is 11.0 Å². The molecule has 1 aromatic rings. The molecule has 2 rings (SSSR count). The van der Waals surface area contributed by atoms with Crippen LogP contribution in [0.25, 0.3) is 0 Å². The van der Waals surface area contributed by atoms with Crippen LogP contribution in [-0.4, -0.2) is 48.3 Å². The van der Waals surface area contributed by atoms with Gasteiger partial charge >= 0.3 is 7.12 Å². The summed E-state index contributed by atoms with van der Waals surface area (Å²) in [6.07, 6.45) is 0. The van der Waals surface area contributed by atoms with Gasteiger partial charge in [-0.1, -0.05) is 6.07 Å². The predicted octanol–water partition coefficient (Wildman–Crippen LogP) is 1.39. The summed E-state index contributed by atoms with van der Waals surface area (Å²) in [5.41, 5.74) is 0.0199. The molecule has 1 amide bonds. The van der Waals surface area contributed by atoms with E-state index < -0.39 is 18.3 Å². The normalized spacial score (nSPS) is 19.6. The van der Waals surface area contributed by atoms with Gasteiger partial charge in [-0.3, -0.25) is 4.79 Å². The van der Waals surface area contributed by atoms with Crippen molar-refractivity contribution in [2.75, 3.05) is 14.1 Å². The summed E-state index contributed by atoms with van der Waals surface area (Å²) in [6.45, 7) is 7.81. The lowest BCUT2D eigenvalue weighted by Crippen LogP contribution is -2.41. The third-order valence-electron chi connectivity index (χ3n) is 4.19. The number of carbonyl (C=O) groups is 1. The molecule has 114 valence electrons. The van der Waals surface area contributed by atoms with E-state index in [4.69, 9.17) is 9.31 Å². The Balaban J connectivity index is 2.30. The molecule has 0 bridgehead atoms. The van der Waals surface area contributed by atoms with E-state index in [1.54, 1.807) is 26.2 Å². The van der Waals surface area contributed by atoms with Crippen LogP contribution in [-0.2, 0) is 9.31 Å². The number of rotatable bonds is 2. The zero-order valence-corrected chi connectivity index (χ0v) is 13.4. The highest BCUT2D eigenvalue weighted by molar-refractivity contribution is 6.63. The molecule has 1 fully saturated rings. The van der Waals surface area contributed by atoms with Gasteiger partial charge in [-0.05, 0) is 39.8 Å². The van der Waals surface area contributed by atoms with Crippen molar-refractivity contribution in [2.24, 2.45) is 0 Å². The molecule has 0 unspecified atom stereocenters. The standard InChI is InChI=1S/C15H22BNO4/c1-14(2)15(3,4)21-16(20-14)11-8-7-10(9-12(11)18)13(19)17(5)6/h7-9,18H,1-6H3. The van der Waals surface area contributed by atoms with Crippen molar-refractivity contribution < 1.29 is 19.2 Å². The van der Waals surface area contributed by atoms with E-state index in [0.29, 0.717) is 11.0 Å². The zero-order chi connectivity index (χ0) is 16.0. The Morgan fingerprint density at radius 3 is 2.10 bits per heavy atom. The van der Waals surface area contributed by atoms with Gasteiger partial charge < -0.3 is 19.3 Å². The number of phenols is 1. The van der Waals surface area contributed by atoms with Gasteiger partial charge in [-0.2, -0.15) is 0 Å². The Kier molecular flexibility index (Phi) is 3.80. The van der Waals surface area contributed by atoms with Gasteiger partial charge in [0.05, 0.1) is 11.2 Å². The summed E-state index contributed by atoms with van der Waals surface area (Å²) in [4.78, 5) is 13.3. The highest BCUT2D eigenvalue weighted by Gasteiger charge is 2.52. The van der Waals surface area contributed by atoms with Crippen molar-refractivity contribution in [3.63, 3.8) is 0 Å². The summed E-state index contributed by atoms with van der Waals surface area (Å²) in [5.74, 6) is -0.160. The fourth-order valence-corrected chi connectivity index (χ4v) is 2.10. The largest absolute Gasteiger partial charge is 0.508 e. The smallest absolute Gasteiger partial charge is 0.498 e. The summed E-state index contributed by atoms with van der Waals surface area (Å²) in [7, 11) is 2.70. The molecule has 1 aliphatic heterocycles. The minimum Gasteiger partial charge on any atom is -0.508 e. The Labute approximate surface area is 126 Å². The van der Waals surface area contributed by atoms with E-state index >= 15 is 0 Å². The molecule has 5 nitrogen and oxygen atoms in total. The van der Waals surface area contributed by atoms with Crippen LogP contribution < -0.4 is 5.46 Å². The first-order valence-electron chi connectivity index (χ1n) is 6.95. The second kappa shape index (κ2) is 5.03. The van der Waals surface area contributed by atoms with Gasteiger partial charge in [-0.15, -0.1) is 0 Å². The van der Waals surface area contributed by atoms with E-state index in [9.17, 15) is 9.90 Å². The fraction of sp³-hybridized carbons (Fsp3) is 0.533. The first kappa shape index (κ1) is 15.9. The zero-order valence-electron chi connectivity index (χ0n) is 13.4. The highest BCUT2D eigenvalue weighted by Crippen LogP contribution is 2.37. The number of benzene rings is 1. The van der Waals surface area contributed by atoms with Crippen molar-refractivity contribution in [1.82, 2.24) is 4.90 Å². The summed E-state index contributed by atoms with van der Waals surface area (Å²) >= 11 is 0. The monoisotopic (exact) mass is 291 g/mol. The first-order valence-corrected chi connectivity index (χ1v) is 6.95. The molecule has 1 aliphatic rings. The van der Waals surface area contributed by atoms with Crippen LogP contribution in [0.15, 0.2) is 18.2 Å². The number of hydrogen-bond donors (Lipinski definition) is 1. The van der Waals surface area contributed by atoms with E-state index in [-0.39, 0.29) is 11.7 Å². The average molecular weight is 291 g/mol. The third-order valence-corrected chi connectivity index (χ3v) is 4.19. The van der Waals surface area contributed by atoms with Crippen LogP contribution in [0.1, 0.15) is 38.1 Å². The average Bonchev–Trinajstić information content (AvgIpc) is 2.56. The lowest BCUT2D eigenvalue weighted by atomic mass is 9.78. The summed E-state index contributed by atoms with van der Waals surface area (Å²) < 4.78 is 11.8. The van der Waals surface area contributed by atoms with Crippen LogP contribution in [0.3, 0.4) is 0 Å². The van der Waals surface area contributed by atoms with Crippen molar-refractivity contribution in [2.45, 2.75) is 38.9 Å². The highest BCUT2D eigenvalue weighted by atomic mass is 16.7. The van der Waals surface area contributed by atoms with Gasteiger partial charge in [0.15, 0.2) is 0 Å². The molecule has 0 atom stereocenters. The van der Waals surface area contributed by atoms with E-state index in [1.807, 2.05) is 27.7 Å². The summed E-state index contributed by atoms with van der Waals surface area (Å²) in [6, 6.07) is 4.79. The molecule has 0 aromatic heterocycles. The molecular weight excluding hydrogens is 269 g/mol. The van der Waals surface area contributed by atoms with Crippen LogP contribution >= 0.6 is 0 Å². The number of nitrogens with zero attached hydrogens (tertiary/aromatic N) is 1. The quantitative estimate of drug-likeness (QED) is 0.837. The van der Waals surface area contributed by atoms with Crippen molar-refractivity contribution in [3.8, 4) is 5.75 Å². The lowest BCUT2D eigenvalue weighted by Gasteiger charge is -2.32. The second-order valence-electron chi connectivity index (χ2n) is 6.56. The minimum absolute atomic E-state index is 0.00111. The molecule has 1 heterocycles. The third kappa shape index (κ3) is 2.78. The summed E-state index contributed by atoms with van der Waals surface area (Å²) in [5, 5.41) is 10.2. The fourth-order valence-electron chi connectivity index (χ4n) is 2.10. The van der Waals surface area contributed by atoms with Crippen LogP contribution in [0.4, 0.5) is 0 Å². The van der Waals surface area contributed by atoms with Crippen molar-refractivity contribution in [1.29, 1.82) is 0 Å². The first-order chi connectivity index (χ1) is 9.55. The maximum Gasteiger partial charge on any atom is 0.498 e. The molecule has 0 radical (unpaired) electrons.